The average molecular weight is 285 g/mol. The number of H-pyrrole nitrogens is 1. The summed E-state index contributed by atoms with van der Waals surface area (Å²) in [5, 5.41) is 2.81. The third-order valence-corrected chi connectivity index (χ3v) is 3.19. The molecule has 0 bridgehead atoms. The average Bonchev–Trinajstić information content (AvgIpc) is 2.52. The van der Waals surface area contributed by atoms with E-state index in [2.05, 4.69) is 27.3 Å². The first-order valence-corrected chi connectivity index (χ1v) is 6.90. The monoisotopic (exact) mass is 285 g/mol. The Kier molecular flexibility index (Phi) is 5.15. The van der Waals surface area contributed by atoms with E-state index >= 15 is 0 Å². The highest BCUT2D eigenvalue weighted by molar-refractivity contribution is 5.93. The fourth-order valence-electron chi connectivity index (χ4n) is 2.02. The number of anilines is 1. The smallest absolute Gasteiger partial charge is 0.251 e. The highest BCUT2D eigenvalue weighted by Gasteiger charge is 2.05. The number of carbonyl (C=O) groups is 1. The number of hydrogen-bond acceptors (Lipinski definition) is 3. The SMILES string of the molecule is CN(CCCNC(=O)c1cc[nH]c(=O)c1)c1ccccc1. The van der Waals surface area contributed by atoms with Gasteiger partial charge in [0.2, 0.25) is 5.56 Å². The van der Waals surface area contributed by atoms with Crippen LogP contribution in [0, 0.1) is 0 Å². The van der Waals surface area contributed by atoms with E-state index in [0.717, 1.165) is 18.7 Å². The van der Waals surface area contributed by atoms with Crippen molar-refractivity contribution >= 4 is 11.6 Å². The van der Waals surface area contributed by atoms with Crippen LogP contribution in [0.15, 0.2) is 53.5 Å². The number of nitrogens with one attached hydrogen (secondary N) is 2. The van der Waals surface area contributed by atoms with Gasteiger partial charge in [-0.2, -0.15) is 0 Å². The molecule has 0 saturated heterocycles. The summed E-state index contributed by atoms with van der Waals surface area (Å²) in [6, 6.07) is 13.0. The molecule has 1 heterocycles. The third-order valence-electron chi connectivity index (χ3n) is 3.19. The maximum Gasteiger partial charge on any atom is 0.251 e. The summed E-state index contributed by atoms with van der Waals surface area (Å²) >= 11 is 0. The minimum Gasteiger partial charge on any atom is -0.375 e. The molecule has 5 heteroatoms. The minimum absolute atomic E-state index is 0.219. The molecule has 0 saturated carbocycles. The number of carbonyl (C=O) groups excluding carboxylic acids is 1. The van der Waals surface area contributed by atoms with Crippen LogP contribution < -0.4 is 15.8 Å². The number of pyridine rings is 1. The first kappa shape index (κ1) is 14.8. The van der Waals surface area contributed by atoms with Crippen LogP contribution in [-0.2, 0) is 0 Å². The van der Waals surface area contributed by atoms with E-state index in [9.17, 15) is 9.59 Å². The van der Waals surface area contributed by atoms with Crippen LogP contribution in [0.5, 0.6) is 0 Å². The van der Waals surface area contributed by atoms with Gasteiger partial charge >= 0.3 is 0 Å². The lowest BCUT2D eigenvalue weighted by Gasteiger charge is -2.19. The highest BCUT2D eigenvalue weighted by atomic mass is 16.2. The van der Waals surface area contributed by atoms with E-state index in [-0.39, 0.29) is 11.5 Å². The van der Waals surface area contributed by atoms with Gasteiger partial charge in [0.1, 0.15) is 0 Å². The van der Waals surface area contributed by atoms with Crippen molar-refractivity contribution in [1.82, 2.24) is 10.3 Å². The van der Waals surface area contributed by atoms with Crippen molar-refractivity contribution < 1.29 is 4.79 Å². The van der Waals surface area contributed by atoms with E-state index in [4.69, 9.17) is 0 Å². The normalized spacial score (nSPS) is 10.1. The number of aromatic amines is 1. The fourth-order valence-corrected chi connectivity index (χ4v) is 2.02. The van der Waals surface area contributed by atoms with Gasteiger partial charge in [0.25, 0.3) is 5.91 Å². The number of rotatable bonds is 6. The van der Waals surface area contributed by atoms with Gasteiger partial charge in [-0.25, -0.2) is 0 Å². The summed E-state index contributed by atoms with van der Waals surface area (Å²) in [5.41, 5.74) is 1.26. The van der Waals surface area contributed by atoms with Crippen molar-refractivity contribution in [3.05, 3.63) is 64.6 Å². The number of aromatic nitrogens is 1. The van der Waals surface area contributed by atoms with Crippen LogP contribution >= 0.6 is 0 Å². The summed E-state index contributed by atoms with van der Waals surface area (Å²) in [7, 11) is 2.02. The molecule has 2 N–H and O–H groups in total. The Labute approximate surface area is 123 Å². The fraction of sp³-hybridized carbons (Fsp3) is 0.250. The lowest BCUT2D eigenvalue weighted by molar-refractivity contribution is 0.0953. The summed E-state index contributed by atoms with van der Waals surface area (Å²) in [5.74, 6) is -0.219. The molecule has 21 heavy (non-hydrogen) atoms. The molecular weight excluding hydrogens is 266 g/mol. The molecule has 2 aromatic rings. The molecule has 1 aromatic carbocycles. The number of para-hydroxylation sites is 1. The van der Waals surface area contributed by atoms with Crippen LogP contribution in [0.1, 0.15) is 16.8 Å². The topological polar surface area (TPSA) is 65.2 Å². The Balaban J connectivity index is 1.75. The molecule has 2 rings (SSSR count). The first-order chi connectivity index (χ1) is 10.2. The summed E-state index contributed by atoms with van der Waals surface area (Å²) in [6.07, 6.45) is 2.31. The Morgan fingerprint density at radius 1 is 1.24 bits per heavy atom. The molecular formula is C16H19N3O2. The van der Waals surface area contributed by atoms with Crippen LogP contribution in [-0.4, -0.2) is 31.0 Å². The van der Waals surface area contributed by atoms with Crippen molar-refractivity contribution in [1.29, 1.82) is 0 Å². The van der Waals surface area contributed by atoms with Gasteiger partial charge in [0.05, 0.1) is 0 Å². The van der Waals surface area contributed by atoms with Crippen molar-refractivity contribution in [2.24, 2.45) is 0 Å². The molecule has 0 atom stereocenters. The summed E-state index contributed by atoms with van der Waals surface area (Å²) < 4.78 is 0. The Hall–Kier alpha value is -2.56. The predicted molar refractivity (Wildman–Crippen MR) is 83.7 cm³/mol. The molecule has 0 spiro atoms. The zero-order chi connectivity index (χ0) is 15.1. The molecule has 0 aliphatic carbocycles. The molecule has 1 amide bonds. The van der Waals surface area contributed by atoms with Crippen molar-refractivity contribution in [3.63, 3.8) is 0 Å². The van der Waals surface area contributed by atoms with Crippen LogP contribution in [0.4, 0.5) is 5.69 Å². The van der Waals surface area contributed by atoms with Gasteiger partial charge < -0.3 is 15.2 Å². The molecule has 0 radical (unpaired) electrons. The Bertz CT molecular complexity index is 637. The van der Waals surface area contributed by atoms with Crippen molar-refractivity contribution in [3.8, 4) is 0 Å². The van der Waals surface area contributed by atoms with E-state index in [1.807, 2.05) is 25.2 Å². The van der Waals surface area contributed by atoms with E-state index < -0.39 is 0 Å². The van der Waals surface area contributed by atoms with Gasteiger partial charge in [-0.15, -0.1) is 0 Å². The molecule has 0 fully saturated rings. The molecule has 1 aromatic heterocycles. The standard InChI is InChI=1S/C16H19N3O2/c1-19(14-6-3-2-4-7-14)11-5-9-18-16(21)13-8-10-17-15(20)12-13/h2-4,6-8,10,12H,5,9,11H2,1H3,(H,17,20)(H,18,21). The summed E-state index contributed by atoms with van der Waals surface area (Å²) in [6.45, 7) is 1.42. The quantitative estimate of drug-likeness (QED) is 0.793. The number of amides is 1. The second kappa shape index (κ2) is 7.28. The number of benzene rings is 1. The van der Waals surface area contributed by atoms with Gasteiger partial charge in [-0.05, 0) is 24.6 Å². The zero-order valence-electron chi connectivity index (χ0n) is 12.0. The maximum absolute atomic E-state index is 11.8. The van der Waals surface area contributed by atoms with Gasteiger partial charge in [-0.1, -0.05) is 18.2 Å². The lowest BCUT2D eigenvalue weighted by atomic mass is 10.2. The number of hydrogen-bond donors (Lipinski definition) is 2. The summed E-state index contributed by atoms with van der Waals surface area (Å²) in [4.78, 5) is 27.6. The Morgan fingerprint density at radius 2 is 2.00 bits per heavy atom. The molecule has 0 aliphatic heterocycles. The second-order valence-corrected chi connectivity index (χ2v) is 4.81. The van der Waals surface area contributed by atoms with Crippen molar-refractivity contribution in [2.75, 3.05) is 25.0 Å². The molecule has 110 valence electrons. The predicted octanol–water partition coefficient (Wildman–Crippen LogP) is 1.63. The van der Waals surface area contributed by atoms with Gasteiger partial charge in [0, 0.05) is 43.7 Å². The lowest BCUT2D eigenvalue weighted by Crippen LogP contribution is -2.28. The molecule has 0 aliphatic rings. The minimum atomic E-state index is -0.272. The van der Waals surface area contributed by atoms with Crippen LogP contribution in [0.25, 0.3) is 0 Å². The third kappa shape index (κ3) is 4.49. The zero-order valence-corrected chi connectivity index (χ0v) is 12.0. The maximum atomic E-state index is 11.8. The van der Waals surface area contributed by atoms with E-state index in [1.54, 1.807) is 6.07 Å². The van der Waals surface area contributed by atoms with E-state index in [0.29, 0.717) is 12.1 Å². The van der Waals surface area contributed by atoms with Gasteiger partial charge in [-0.3, -0.25) is 9.59 Å². The molecule has 5 nitrogen and oxygen atoms in total. The Morgan fingerprint density at radius 3 is 2.71 bits per heavy atom. The van der Waals surface area contributed by atoms with Crippen molar-refractivity contribution in [2.45, 2.75) is 6.42 Å². The molecule has 0 unspecified atom stereocenters. The largest absolute Gasteiger partial charge is 0.375 e. The van der Waals surface area contributed by atoms with Gasteiger partial charge in [0.15, 0.2) is 0 Å². The van der Waals surface area contributed by atoms with E-state index in [1.165, 1.54) is 12.3 Å². The highest BCUT2D eigenvalue weighted by Crippen LogP contribution is 2.10. The first-order valence-electron chi connectivity index (χ1n) is 6.90. The van der Waals surface area contributed by atoms with Crippen LogP contribution in [0.3, 0.4) is 0 Å². The number of nitrogens with zero attached hydrogens (tertiary/aromatic N) is 1. The second-order valence-electron chi connectivity index (χ2n) is 4.81. The van der Waals surface area contributed by atoms with Crippen LogP contribution in [0.2, 0.25) is 0 Å².